The van der Waals surface area contributed by atoms with Gasteiger partial charge in [-0.1, -0.05) is 24.3 Å². The summed E-state index contributed by atoms with van der Waals surface area (Å²) in [5, 5.41) is 5.91. The first-order valence-corrected chi connectivity index (χ1v) is 8.57. The van der Waals surface area contributed by atoms with Crippen LogP contribution < -0.4 is 10.6 Å². The quantitative estimate of drug-likeness (QED) is 0.658. The molecule has 0 spiro atoms. The number of halogens is 2. The van der Waals surface area contributed by atoms with Crippen LogP contribution in [0.15, 0.2) is 66.9 Å². The molecule has 138 valence electrons. The highest BCUT2D eigenvalue weighted by molar-refractivity contribution is 5.91. The number of rotatable bonds is 7. The molecule has 0 radical (unpaired) electrons. The van der Waals surface area contributed by atoms with Crippen molar-refractivity contribution in [1.82, 2.24) is 4.98 Å². The van der Waals surface area contributed by atoms with Gasteiger partial charge in [0.05, 0.1) is 18.3 Å². The molecule has 0 bridgehead atoms. The van der Waals surface area contributed by atoms with Crippen molar-refractivity contribution in [3.05, 3.63) is 89.6 Å². The molecule has 0 fully saturated rings. The van der Waals surface area contributed by atoms with E-state index in [1.807, 2.05) is 6.07 Å². The Hall–Kier alpha value is -3.28. The number of anilines is 2. The van der Waals surface area contributed by atoms with Crippen LogP contribution in [0.4, 0.5) is 20.3 Å². The second kappa shape index (κ2) is 8.89. The molecule has 0 unspecified atom stereocenters. The second-order valence-electron chi connectivity index (χ2n) is 6.09. The van der Waals surface area contributed by atoms with Crippen LogP contribution in [0, 0.1) is 11.6 Å². The van der Waals surface area contributed by atoms with Gasteiger partial charge < -0.3 is 10.6 Å². The highest BCUT2D eigenvalue weighted by atomic mass is 19.1. The molecule has 0 atom stereocenters. The normalized spacial score (nSPS) is 10.4. The predicted octanol–water partition coefficient (Wildman–Crippen LogP) is 4.20. The van der Waals surface area contributed by atoms with E-state index in [1.54, 1.807) is 36.5 Å². The van der Waals surface area contributed by atoms with E-state index >= 15 is 0 Å². The second-order valence-corrected chi connectivity index (χ2v) is 6.09. The SMILES string of the molecule is O=C(Cc1cccc(F)c1)Nc1ccc(NCCc2ccc(F)cc2)cn1. The molecular weight excluding hydrogens is 348 g/mol. The molecule has 4 nitrogen and oxygen atoms in total. The number of aromatic nitrogens is 1. The summed E-state index contributed by atoms with van der Waals surface area (Å²) in [6, 6.07) is 15.9. The van der Waals surface area contributed by atoms with Gasteiger partial charge in [-0.3, -0.25) is 4.79 Å². The first kappa shape index (κ1) is 18.5. The minimum Gasteiger partial charge on any atom is -0.383 e. The van der Waals surface area contributed by atoms with Crippen LogP contribution in [-0.4, -0.2) is 17.4 Å². The van der Waals surface area contributed by atoms with E-state index in [4.69, 9.17) is 0 Å². The topological polar surface area (TPSA) is 54.0 Å². The van der Waals surface area contributed by atoms with Crippen molar-refractivity contribution >= 4 is 17.4 Å². The lowest BCUT2D eigenvalue weighted by Crippen LogP contribution is -2.15. The zero-order chi connectivity index (χ0) is 19.1. The van der Waals surface area contributed by atoms with E-state index in [0.717, 1.165) is 17.7 Å². The van der Waals surface area contributed by atoms with Gasteiger partial charge >= 0.3 is 0 Å². The highest BCUT2D eigenvalue weighted by Gasteiger charge is 2.06. The summed E-state index contributed by atoms with van der Waals surface area (Å²) >= 11 is 0. The van der Waals surface area contributed by atoms with Crippen LogP contribution in [0.5, 0.6) is 0 Å². The lowest BCUT2D eigenvalue weighted by molar-refractivity contribution is -0.115. The molecular formula is C21H19F2N3O. The fraction of sp³-hybridized carbons (Fsp3) is 0.143. The molecule has 3 aromatic rings. The Morgan fingerprint density at radius 2 is 1.74 bits per heavy atom. The number of hydrogen-bond acceptors (Lipinski definition) is 3. The third kappa shape index (κ3) is 5.88. The van der Waals surface area contributed by atoms with Gasteiger partial charge in [0.15, 0.2) is 0 Å². The van der Waals surface area contributed by atoms with Crippen molar-refractivity contribution < 1.29 is 13.6 Å². The fourth-order valence-electron chi connectivity index (χ4n) is 2.59. The summed E-state index contributed by atoms with van der Waals surface area (Å²) in [6.45, 7) is 0.679. The third-order valence-corrected chi connectivity index (χ3v) is 3.94. The number of nitrogens with zero attached hydrogens (tertiary/aromatic N) is 1. The van der Waals surface area contributed by atoms with Crippen LogP contribution in [-0.2, 0) is 17.6 Å². The number of pyridine rings is 1. The van der Waals surface area contributed by atoms with Gasteiger partial charge in [0, 0.05) is 6.54 Å². The van der Waals surface area contributed by atoms with Gasteiger partial charge in [0.2, 0.25) is 5.91 Å². The molecule has 6 heteroatoms. The first-order valence-electron chi connectivity index (χ1n) is 8.57. The van der Waals surface area contributed by atoms with Crippen LogP contribution in [0.1, 0.15) is 11.1 Å². The Morgan fingerprint density at radius 3 is 2.44 bits per heavy atom. The largest absolute Gasteiger partial charge is 0.383 e. The number of hydrogen-bond donors (Lipinski definition) is 2. The molecule has 27 heavy (non-hydrogen) atoms. The van der Waals surface area contributed by atoms with E-state index in [1.165, 1.54) is 24.3 Å². The van der Waals surface area contributed by atoms with Gasteiger partial charge in [-0.2, -0.15) is 0 Å². The van der Waals surface area contributed by atoms with Crippen molar-refractivity contribution in [3.63, 3.8) is 0 Å². The maximum atomic E-state index is 13.1. The van der Waals surface area contributed by atoms with E-state index in [-0.39, 0.29) is 24.0 Å². The summed E-state index contributed by atoms with van der Waals surface area (Å²) < 4.78 is 26.0. The van der Waals surface area contributed by atoms with E-state index in [9.17, 15) is 13.6 Å². The molecule has 1 heterocycles. The molecule has 2 N–H and O–H groups in total. The molecule has 1 aromatic heterocycles. The van der Waals surface area contributed by atoms with E-state index < -0.39 is 0 Å². The predicted molar refractivity (Wildman–Crippen MR) is 102 cm³/mol. The van der Waals surface area contributed by atoms with Crippen LogP contribution in [0.2, 0.25) is 0 Å². The van der Waals surface area contributed by atoms with Crippen molar-refractivity contribution in [3.8, 4) is 0 Å². The van der Waals surface area contributed by atoms with Crippen molar-refractivity contribution in [1.29, 1.82) is 0 Å². The molecule has 0 aliphatic heterocycles. The average Bonchev–Trinajstić information content (AvgIpc) is 2.65. The maximum Gasteiger partial charge on any atom is 0.229 e. The summed E-state index contributed by atoms with van der Waals surface area (Å²) in [6.07, 6.45) is 2.46. The van der Waals surface area contributed by atoms with Crippen molar-refractivity contribution in [2.75, 3.05) is 17.2 Å². The van der Waals surface area contributed by atoms with Crippen molar-refractivity contribution in [2.45, 2.75) is 12.8 Å². The molecule has 0 saturated carbocycles. The zero-order valence-corrected chi connectivity index (χ0v) is 14.6. The summed E-state index contributed by atoms with van der Waals surface area (Å²) in [5.74, 6) is -0.439. The Balaban J connectivity index is 1.46. The van der Waals surface area contributed by atoms with Gasteiger partial charge in [0.1, 0.15) is 17.5 Å². The Morgan fingerprint density at radius 1 is 0.926 bits per heavy atom. The molecule has 0 saturated heterocycles. The molecule has 2 aromatic carbocycles. The number of nitrogens with one attached hydrogen (secondary N) is 2. The first-order chi connectivity index (χ1) is 13.1. The van der Waals surface area contributed by atoms with Crippen LogP contribution >= 0.6 is 0 Å². The average molecular weight is 367 g/mol. The van der Waals surface area contributed by atoms with Gasteiger partial charge in [0.25, 0.3) is 0 Å². The number of benzene rings is 2. The Bertz CT molecular complexity index is 896. The number of carbonyl (C=O) groups excluding carboxylic acids is 1. The van der Waals surface area contributed by atoms with E-state index in [0.29, 0.717) is 17.9 Å². The molecule has 0 aliphatic rings. The molecule has 0 aliphatic carbocycles. The maximum absolute atomic E-state index is 13.1. The van der Waals surface area contributed by atoms with Gasteiger partial charge in [-0.05, 0) is 53.9 Å². The monoisotopic (exact) mass is 367 g/mol. The molecule has 1 amide bonds. The van der Waals surface area contributed by atoms with Crippen LogP contribution in [0.3, 0.4) is 0 Å². The van der Waals surface area contributed by atoms with Gasteiger partial charge in [-0.15, -0.1) is 0 Å². The minimum absolute atomic E-state index is 0.0805. The zero-order valence-electron chi connectivity index (χ0n) is 14.6. The summed E-state index contributed by atoms with van der Waals surface area (Å²) in [7, 11) is 0. The lowest BCUT2D eigenvalue weighted by Gasteiger charge is -2.08. The van der Waals surface area contributed by atoms with Crippen molar-refractivity contribution in [2.24, 2.45) is 0 Å². The fourth-order valence-corrected chi connectivity index (χ4v) is 2.59. The highest BCUT2D eigenvalue weighted by Crippen LogP contribution is 2.11. The van der Waals surface area contributed by atoms with E-state index in [2.05, 4.69) is 15.6 Å². The Labute approximate surface area is 156 Å². The molecule has 3 rings (SSSR count). The summed E-state index contributed by atoms with van der Waals surface area (Å²) in [5.41, 5.74) is 2.46. The number of carbonyl (C=O) groups is 1. The summed E-state index contributed by atoms with van der Waals surface area (Å²) in [4.78, 5) is 16.2. The van der Waals surface area contributed by atoms with Crippen LogP contribution in [0.25, 0.3) is 0 Å². The smallest absolute Gasteiger partial charge is 0.229 e. The van der Waals surface area contributed by atoms with Gasteiger partial charge in [-0.25, -0.2) is 13.8 Å². The Kier molecular flexibility index (Phi) is 6.10. The minimum atomic E-state index is -0.366. The lowest BCUT2D eigenvalue weighted by atomic mass is 10.1. The third-order valence-electron chi connectivity index (χ3n) is 3.94. The standard InChI is InChI=1S/C21H19F2N3O/c22-17-6-4-15(5-7-17)10-11-24-19-8-9-20(25-14-19)26-21(27)13-16-2-1-3-18(23)12-16/h1-9,12,14,24H,10-11,13H2,(H,25,26,27). The number of amides is 1.